The van der Waals surface area contributed by atoms with Crippen LogP contribution in [-0.2, 0) is 13.1 Å². The normalized spacial score (nSPS) is 18.6. The molecule has 3 rings (SSSR count). The van der Waals surface area contributed by atoms with E-state index in [0.29, 0.717) is 12.6 Å². The van der Waals surface area contributed by atoms with E-state index in [1.807, 2.05) is 12.1 Å². The summed E-state index contributed by atoms with van der Waals surface area (Å²) in [5.74, 6) is 0.920. The molecule has 0 bridgehead atoms. The van der Waals surface area contributed by atoms with Crippen molar-refractivity contribution < 1.29 is 4.42 Å². The number of thiocarbonyl (C=S) groups is 1. The van der Waals surface area contributed by atoms with Crippen molar-refractivity contribution in [1.82, 2.24) is 15.5 Å². The number of piperidine rings is 1. The SMILES string of the molecule is Cc1ccccc1CN(Cc1ccco1)C(=S)NC1CC(C)(C)NC(C)(C)C1. The summed E-state index contributed by atoms with van der Waals surface area (Å²) < 4.78 is 5.60. The first-order valence-electron chi connectivity index (χ1n) is 10.1. The molecule has 1 saturated heterocycles. The molecule has 1 aliphatic heterocycles. The summed E-state index contributed by atoms with van der Waals surface area (Å²) in [6, 6.07) is 12.8. The predicted octanol–water partition coefficient (Wildman–Crippen LogP) is 4.77. The molecule has 0 atom stereocenters. The Morgan fingerprint density at radius 3 is 2.39 bits per heavy atom. The van der Waals surface area contributed by atoms with Gasteiger partial charge in [-0.05, 0) is 82.9 Å². The number of rotatable bonds is 5. The van der Waals surface area contributed by atoms with Crippen molar-refractivity contribution in [3.8, 4) is 0 Å². The van der Waals surface area contributed by atoms with Gasteiger partial charge in [0.15, 0.2) is 5.11 Å². The molecule has 0 amide bonds. The first-order chi connectivity index (χ1) is 13.1. The minimum atomic E-state index is 0.0802. The topological polar surface area (TPSA) is 40.4 Å². The Morgan fingerprint density at radius 1 is 1.11 bits per heavy atom. The second kappa shape index (κ2) is 8.26. The third kappa shape index (κ3) is 5.58. The molecule has 1 aromatic heterocycles. The maximum Gasteiger partial charge on any atom is 0.169 e. The molecule has 152 valence electrons. The molecule has 0 aliphatic carbocycles. The summed E-state index contributed by atoms with van der Waals surface area (Å²) in [5.41, 5.74) is 2.72. The van der Waals surface area contributed by atoms with Crippen LogP contribution in [-0.4, -0.2) is 27.1 Å². The zero-order valence-corrected chi connectivity index (χ0v) is 18.5. The molecular formula is C23H33N3OS. The smallest absolute Gasteiger partial charge is 0.169 e. The van der Waals surface area contributed by atoms with Gasteiger partial charge < -0.3 is 20.0 Å². The average molecular weight is 400 g/mol. The highest BCUT2D eigenvalue weighted by Crippen LogP contribution is 2.28. The van der Waals surface area contributed by atoms with Gasteiger partial charge in [0.1, 0.15) is 5.76 Å². The number of aryl methyl sites for hydroxylation is 1. The second-order valence-electron chi connectivity index (χ2n) is 9.31. The fraction of sp³-hybridized carbons (Fsp3) is 0.522. The van der Waals surface area contributed by atoms with E-state index in [4.69, 9.17) is 16.6 Å². The van der Waals surface area contributed by atoms with Crippen LogP contribution in [0.4, 0.5) is 0 Å². The van der Waals surface area contributed by atoms with Crippen LogP contribution in [0.25, 0.3) is 0 Å². The fourth-order valence-electron chi connectivity index (χ4n) is 4.47. The van der Waals surface area contributed by atoms with Gasteiger partial charge in [-0.15, -0.1) is 0 Å². The summed E-state index contributed by atoms with van der Waals surface area (Å²) in [4.78, 5) is 2.21. The lowest BCUT2D eigenvalue weighted by Crippen LogP contribution is -2.62. The van der Waals surface area contributed by atoms with Gasteiger partial charge >= 0.3 is 0 Å². The van der Waals surface area contributed by atoms with E-state index in [1.165, 1.54) is 11.1 Å². The number of nitrogens with one attached hydrogen (secondary N) is 2. The lowest BCUT2D eigenvalue weighted by molar-refractivity contribution is 0.153. The van der Waals surface area contributed by atoms with Crippen LogP contribution in [0, 0.1) is 6.92 Å². The molecule has 28 heavy (non-hydrogen) atoms. The number of hydrogen-bond acceptors (Lipinski definition) is 3. The van der Waals surface area contributed by atoms with E-state index in [-0.39, 0.29) is 11.1 Å². The standard InChI is InChI=1S/C23H33N3OS/c1-17-9-6-7-10-18(17)15-26(16-20-11-8-12-27-20)21(28)24-19-13-22(2,3)25-23(4,5)14-19/h6-12,19,25H,13-16H2,1-5H3,(H,24,28). The van der Waals surface area contributed by atoms with Gasteiger partial charge in [-0.1, -0.05) is 24.3 Å². The lowest BCUT2D eigenvalue weighted by atomic mass is 9.80. The second-order valence-corrected chi connectivity index (χ2v) is 9.70. The summed E-state index contributed by atoms with van der Waals surface area (Å²) in [6.45, 7) is 12.6. The number of furan rings is 1. The number of hydrogen-bond donors (Lipinski definition) is 2. The van der Waals surface area contributed by atoms with Crippen LogP contribution in [0.3, 0.4) is 0 Å². The highest BCUT2D eigenvalue weighted by atomic mass is 32.1. The van der Waals surface area contributed by atoms with Gasteiger partial charge in [-0.25, -0.2) is 0 Å². The van der Waals surface area contributed by atoms with E-state index < -0.39 is 0 Å². The van der Waals surface area contributed by atoms with Crippen molar-refractivity contribution in [2.45, 2.75) is 77.7 Å². The van der Waals surface area contributed by atoms with E-state index in [2.05, 4.69) is 74.4 Å². The maximum absolute atomic E-state index is 5.87. The summed E-state index contributed by atoms with van der Waals surface area (Å²) in [7, 11) is 0. The number of benzene rings is 1. The Morgan fingerprint density at radius 2 is 1.79 bits per heavy atom. The maximum atomic E-state index is 5.87. The Balaban J connectivity index is 1.75. The van der Waals surface area contributed by atoms with Crippen LogP contribution in [0.2, 0.25) is 0 Å². The van der Waals surface area contributed by atoms with Gasteiger partial charge in [-0.3, -0.25) is 0 Å². The van der Waals surface area contributed by atoms with Gasteiger partial charge in [0.2, 0.25) is 0 Å². The minimum absolute atomic E-state index is 0.0802. The molecule has 2 aromatic rings. The van der Waals surface area contributed by atoms with Crippen LogP contribution in [0.1, 0.15) is 57.4 Å². The summed E-state index contributed by atoms with van der Waals surface area (Å²) >= 11 is 5.87. The van der Waals surface area contributed by atoms with Crippen molar-refractivity contribution >= 4 is 17.3 Å². The average Bonchev–Trinajstić information content (AvgIpc) is 3.06. The van der Waals surface area contributed by atoms with E-state index in [1.54, 1.807) is 6.26 Å². The van der Waals surface area contributed by atoms with Gasteiger partial charge in [0, 0.05) is 23.7 Å². The zero-order valence-electron chi connectivity index (χ0n) is 17.7. The van der Waals surface area contributed by atoms with Gasteiger partial charge in [-0.2, -0.15) is 0 Å². The molecule has 2 N–H and O–H groups in total. The molecule has 1 fully saturated rings. The zero-order chi connectivity index (χ0) is 20.4. The van der Waals surface area contributed by atoms with E-state index in [9.17, 15) is 0 Å². The third-order valence-corrected chi connectivity index (χ3v) is 5.73. The van der Waals surface area contributed by atoms with Crippen molar-refractivity contribution in [2.24, 2.45) is 0 Å². The molecular weight excluding hydrogens is 366 g/mol. The Kier molecular flexibility index (Phi) is 6.15. The molecule has 1 aliphatic rings. The highest BCUT2D eigenvalue weighted by molar-refractivity contribution is 7.80. The predicted molar refractivity (Wildman–Crippen MR) is 119 cm³/mol. The minimum Gasteiger partial charge on any atom is -0.467 e. The fourth-order valence-corrected chi connectivity index (χ4v) is 4.77. The molecule has 0 radical (unpaired) electrons. The van der Waals surface area contributed by atoms with E-state index >= 15 is 0 Å². The molecule has 1 aromatic carbocycles. The Hall–Kier alpha value is -1.85. The molecule has 5 heteroatoms. The van der Waals surface area contributed by atoms with Crippen LogP contribution < -0.4 is 10.6 Å². The van der Waals surface area contributed by atoms with Crippen molar-refractivity contribution in [3.63, 3.8) is 0 Å². The quantitative estimate of drug-likeness (QED) is 0.709. The van der Waals surface area contributed by atoms with Crippen molar-refractivity contribution in [1.29, 1.82) is 0 Å². The van der Waals surface area contributed by atoms with Crippen LogP contribution >= 0.6 is 12.2 Å². The molecule has 4 nitrogen and oxygen atoms in total. The van der Waals surface area contributed by atoms with Crippen molar-refractivity contribution in [3.05, 3.63) is 59.5 Å². The Bertz CT molecular complexity index is 782. The van der Waals surface area contributed by atoms with Crippen LogP contribution in [0.5, 0.6) is 0 Å². The molecule has 0 unspecified atom stereocenters. The lowest BCUT2D eigenvalue weighted by Gasteiger charge is -2.47. The first kappa shape index (κ1) is 20.9. The summed E-state index contributed by atoms with van der Waals surface area (Å²) in [6.07, 6.45) is 3.79. The molecule has 0 spiro atoms. The van der Waals surface area contributed by atoms with E-state index in [0.717, 1.165) is 30.3 Å². The third-order valence-electron chi connectivity index (χ3n) is 5.35. The number of nitrogens with zero attached hydrogens (tertiary/aromatic N) is 1. The monoisotopic (exact) mass is 399 g/mol. The van der Waals surface area contributed by atoms with Gasteiger partial charge in [0.25, 0.3) is 0 Å². The van der Waals surface area contributed by atoms with Crippen molar-refractivity contribution in [2.75, 3.05) is 0 Å². The van der Waals surface area contributed by atoms with Gasteiger partial charge in [0.05, 0.1) is 12.8 Å². The first-order valence-corrected chi connectivity index (χ1v) is 10.5. The summed E-state index contributed by atoms with van der Waals surface area (Å²) in [5, 5.41) is 8.18. The largest absolute Gasteiger partial charge is 0.467 e. The Labute approximate surface area is 174 Å². The van der Waals surface area contributed by atoms with Crippen LogP contribution in [0.15, 0.2) is 47.1 Å². The molecule has 0 saturated carbocycles. The highest BCUT2D eigenvalue weighted by Gasteiger charge is 2.38. The molecule has 2 heterocycles.